The normalized spacial score (nSPS) is 23.2. The molecule has 2 aliphatic rings. The van der Waals surface area contributed by atoms with E-state index in [-0.39, 0.29) is 5.41 Å². The Hall–Kier alpha value is -1.87. The van der Waals surface area contributed by atoms with Crippen LogP contribution in [0.4, 0.5) is 5.69 Å². The number of allylic oxidation sites excluding steroid dienone is 1. The van der Waals surface area contributed by atoms with Gasteiger partial charge in [0.25, 0.3) is 0 Å². The summed E-state index contributed by atoms with van der Waals surface area (Å²) < 4.78 is 22.1. The second kappa shape index (κ2) is 6.94. The number of morpholine rings is 1. The summed E-state index contributed by atoms with van der Waals surface area (Å²) in [5, 5.41) is 0.888. The number of benzene rings is 2. The van der Waals surface area contributed by atoms with Gasteiger partial charge in [0.15, 0.2) is 0 Å². The topological polar surface area (TPSA) is 32.8 Å². The van der Waals surface area contributed by atoms with Crippen LogP contribution >= 0.6 is 7.29 Å². The van der Waals surface area contributed by atoms with E-state index in [9.17, 15) is 4.57 Å². The van der Waals surface area contributed by atoms with Crippen molar-refractivity contribution < 1.29 is 9.30 Å². The highest BCUT2D eigenvalue weighted by molar-refractivity contribution is 7.72. The Morgan fingerprint density at radius 2 is 1.63 bits per heavy atom. The standard InChI is InChI=1S/C22H27N2O2P/c1-22(2)19-11-7-8-12-20(19)23(3)21(22)17-27(25,18-9-5-4-6-10-18)24-13-15-26-16-14-24/h4-12,17H,13-16H2,1-3H3/b21-17-/t27-/m1/s1. The molecule has 0 radical (unpaired) electrons. The zero-order chi connectivity index (χ0) is 19.1. The van der Waals surface area contributed by atoms with Gasteiger partial charge in [-0.2, -0.15) is 0 Å². The van der Waals surface area contributed by atoms with E-state index in [0.717, 1.165) is 11.0 Å². The third-order valence-corrected chi connectivity index (χ3v) is 8.64. The molecule has 0 spiro atoms. The molecular weight excluding hydrogens is 355 g/mol. The largest absolute Gasteiger partial charge is 0.379 e. The summed E-state index contributed by atoms with van der Waals surface area (Å²) in [5.41, 5.74) is 3.38. The number of ether oxygens (including phenoxy) is 1. The SMILES string of the molecule is CN1/C(=C\[P@@](=O)(c2ccccc2)N2CCOCC2)C(C)(C)c2ccccc21. The van der Waals surface area contributed by atoms with E-state index in [4.69, 9.17) is 4.74 Å². The summed E-state index contributed by atoms with van der Waals surface area (Å²) in [5.74, 6) is 2.05. The highest BCUT2D eigenvalue weighted by Gasteiger charge is 2.42. The van der Waals surface area contributed by atoms with E-state index < -0.39 is 7.29 Å². The van der Waals surface area contributed by atoms with Gasteiger partial charge in [0.2, 0.25) is 7.29 Å². The van der Waals surface area contributed by atoms with Crippen LogP contribution in [0.25, 0.3) is 0 Å². The van der Waals surface area contributed by atoms with Gasteiger partial charge in [-0.15, -0.1) is 0 Å². The lowest BCUT2D eigenvalue weighted by molar-refractivity contribution is 0.0731. The van der Waals surface area contributed by atoms with Gasteiger partial charge in [0.1, 0.15) is 0 Å². The average molecular weight is 382 g/mol. The molecule has 4 rings (SSSR count). The Kier molecular flexibility index (Phi) is 4.75. The highest BCUT2D eigenvalue weighted by atomic mass is 31.2. The number of para-hydroxylation sites is 1. The molecule has 2 aromatic rings. The molecule has 0 aromatic heterocycles. The van der Waals surface area contributed by atoms with Gasteiger partial charge in [-0.05, 0) is 23.8 Å². The number of hydrogen-bond donors (Lipinski definition) is 0. The van der Waals surface area contributed by atoms with Crippen molar-refractivity contribution in [2.45, 2.75) is 19.3 Å². The van der Waals surface area contributed by atoms with E-state index in [1.165, 1.54) is 11.3 Å². The molecule has 5 heteroatoms. The quantitative estimate of drug-likeness (QED) is 0.746. The van der Waals surface area contributed by atoms with Crippen molar-refractivity contribution in [1.82, 2.24) is 4.67 Å². The van der Waals surface area contributed by atoms with Crippen LogP contribution in [0.3, 0.4) is 0 Å². The van der Waals surface area contributed by atoms with Crippen molar-refractivity contribution in [3.05, 3.63) is 71.7 Å². The summed E-state index contributed by atoms with van der Waals surface area (Å²) in [4.78, 5) is 2.20. The molecule has 2 aliphatic heterocycles. The first-order valence-electron chi connectivity index (χ1n) is 9.50. The molecule has 1 fully saturated rings. The van der Waals surface area contributed by atoms with Gasteiger partial charge in [-0.1, -0.05) is 50.2 Å². The Labute approximate surface area is 161 Å². The summed E-state index contributed by atoms with van der Waals surface area (Å²) in [6.07, 6.45) is 0. The van der Waals surface area contributed by atoms with Crippen LogP contribution in [0.15, 0.2) is 66.1 Å². The fourth-order valence-electron chi connectivity index (χ4n) is 4.21. The maximum Gasteiger partial charge on any atom is 0.202 e. The van der Waals surface area contributed by atoms with Gasteiger partial charge in [0.05, 0.1) is 13.2 Å². The lowest BCUT2D eigenvalue weighted by atomic mass is 9.84. The van der Waals surface area contributed by atoms with Crippen LogP contribution in [0, 0.1) is 0 Å². The lowest BCUT2D eigenvalue weighted by Crippen LogP contribution is -2.36. The molecule has 2 heterocycles. The second-order valence-electron chi connectivity index (χ2n) is 7.74. The van der Waals surface area contributed by atoms with E-state index in [1.807, 2.05) is 36.1 Å². The zero-order valence-corrected chi connectivity index (χ0v) is 17.2. The smallest absolute Gasteiger partial charge is 0.202 e. The van der Waals surface area contributed by atoms with Gasteiger partial charge in [0, 0.05) is 48.1 Å². The Morgan fingerprint density at radius 1 is 1.00 bits per heavy atom. The fraction of sp³-hybridized carbons (Fsp3) is 0.364. The number of anilines is 1. The van der Waals surface area contributed by atoms with Crippen LogP contribution in [0.2, 0.25) is 0 Å². The van der Waals surface area contributed by atoms with Crippen molar-refractivity contribution >= 4 is 18.3 Å². The molecule has 0 aliphatic carbocycles. The van der Waals surface area contributed by atoms with Crippen LogP contribution in [-0.4, -0.2) is 38.0 Å². The molecule has 4 nitrogen and oxygen atoms in total. The third-order valence-electron chi connectivity index (χ3n) is 5.77. The van der Waals surface area contributed by atoms with Crippen LogP contribution in [0.5, 0.6) is 0 Å². The van der Waals surface area contributed by atoms with Crippen LogP contribution in [0.1, 0.15) is 19.4 Å². The van der Waals surface area contributed by atoms with Crippen LogP contribution < -0.4 is 10.2 Å². The fourth-order valence-corrected chi connectivity index (χ4v) is 7.03. The molecule has 142 valence electrons. The summed E-state index contributed by atoms with van der Waals surface area (Å²) in [6, 6.07) is 18.4. The first-order valence-corrected chi connectivity index (χ1v) is 11.2. The molecule has 0 amide bonds. The van der Waals surface area contributed by atoms with E-state index in [2.05, 4.69) is 54.7 Å². The van der Waals surface area contributed by atoms with Crippen molar-refractivity contribution in [2.24, 2.45) is 0 Å². The van der Waals surface area contributed by atoms with Crippen molar-refractivity contribution in [3.8, 4) is 0 Å². The Balaban J connectivity index is 1.86. The number of rotatable bonds is 3. The maximum atomic E-state index is 14.5. The maximum absolute atomic E-state index is 14.5. The minimum absolute atomic E-state index is 0.192. The second-order valence-corrected chi connectivity index (χ2v) is 10.3. The van der Waals surface area contributed by atoms with Crippen molar-refractivity contribution in [2.75, 3.05) is 38.3 Å². The van der Waals surface area contributed by atoms with Gasteiger partial charge < -0.3 is 9.64 Å². The zero-order valence-electron chi connectivity index (χ0n) is 16.3. The molecule has 0 bridgehead atoms. The summed E-state index contributed by atoms with van der Waals surface area (Å²) in [7, 11) is -0.815. The first-order chi connectivity index (χ1) is 12.9. The highest BCUT2D eigenvalue weighted by Crippen LogP contribution is 2.56. The molecule has 1 saturated heterocycles. The minimum Gasteiger partial charge on any atom is -0.379 e. The van der Waals surface area contributed by atoms with Gasteiger partial charge >= 0.3 is 0 Å². The summed E-state index contributed by atoms with van der Waals surface area (Å²) in [6.45, 7) is 7.06. The van der Waals surface area contributed by atoms with E-state index in [0.29, 0.717) is 26.3 Å². The molecule has 2 aromatic carbocycles. The number of hydrogen-bond acceptors (Lipinski definition) is 3. The van der Waals surface area contributed by atoms with Gasteiger partial charge in [-0.25, -0.2) is 4.67 Å². The average Bonchev–Trinajstić information content (AvgIpc) is 2.90. The molecule has 27 heavy (non-hydrogen) atoms. The monoisotopic (exact) mass is 382 g/mol. The lowest BCUT2D eigenvalue weighted by Gasteiger charge is -2.35. The minimum atomic E-state index is -2.89. The summed E-state index contributed by atoms with van der Waals surface area (Å²) >= 11 is 0. The Morgan fingerprint density at radius 3 is 2.30 bits per heavy atom. The number of nitrogens with zero attached hydrogens (tertiary/aromatic N) is 2. The first kappa shape index (κ1) is 18.5. The number of likely N-dealkylation sites (N-methyl/N-ethyl adjacent to an activating group) is 1. The van der Waals surface area contributed by atoms with Crippen molar-refractivity contribution in [3.63, 3.8) is 0 Å². The van der Waals surface area contributed by atoms with Crippen molar-refractivity contribution in [1.29, 1.82) is 0 Å². The molecular formula is C22H27N2O2P. The molecule has 1 atom stereocenters. The molecule has 0 N–H and O–H groups in total. The predicted molar refractivity (Wildman–Crippen MR) is 112 cm³/mol. The number of fused-ring (bicyclic) bond motifs is 1. The predicted octanol–water partition coefficient (Wildman–Crippen LogP) is 4.19. The van der Waals surface area contributed by atoms with E-state index >= 15 is 0 Å². The third kappa shape index (κ3) is 3.06. The van der Waals surface area contributed by atoms with Crippen LogP contribution in [-0.2, 0) is 14.7 Å². The van der Waals surface area contributed by atoms with E-state index in [1.54, 1.807) is 0 Å². The Bertz CT molecular complexity index is 902. The molecule has 0 unspecified atom stereocenters. The molecule has 0 saturated carbocycles. The van der Waals surface area contributed by atoms with Gasteiger partial charge in [-0.3, -0.25) is 4.57 Å².